The van der Waals surface area contributed by atoms with Crippen LogP contribution in [0.2, 0.25) is 0 Å². The fourth-order valence-corrected chi connectivity index (χ4v) is 1.51. The molecule has 1 aliphatic rings. The standard InChI is InChI=1S/C8H11ClN2O/c9-5-8-10-2-3-11(8)6-7-1-4-12-7/h2-3,7H,1,4-6H2/t7-/m0/s1. The van der Waals surface area contributed by atoms with Gasteiger partial charge < -0.3 is 9.30 Å². The lowest BCUT2D eigenvalue weighted by Gasteiger charge is -2.27. The van der Waals surface area contributed by atoms with Crippen LogP contribution in [0.15, 0.2) is 12.4 Å². The second-order valence-corrected chi connectivity index (χ2v) is 3.18. The Hall–Kier alpha value is -0.540. The zero-order chi connectivity index (χ0) is 8.39. The molecule has 1 aromatic heterocycles. The van der Waals surface area contributed by atoms with Gasteiger partial charge in [-0.05, 0) is 6.42 Å². The first-order valence-corrected chi connectivity index (χ1v) is 4.61. The number of nitrogens with zero attached hydrogens (tertiary/aromatic N) is 2. The summed E-state index contributed by atoms with van der Waals surface area (Å²) in [6.07, 6.45) is 5.25. The highest BCUT2D eigenvalue weighted by molar-refractivity contribution is 6.16. The summed E-state index contributed by atoms with van der Waals surface area (Å²) in [6.45, 7) is 1.79. The molecule has 0 aromatic carbocycles. The van der Waals surface area contributed by atoms with E-state index in [-0.39, 0.29) is 0 Å². The Balaban J connectivity index is 2.00. The number of imidazole rings is 1. The molecule has 2 heterocycles. The van der Waals surface area contributed by atoms with Crippen molar-refractivity contribution in [3.05, 3.63) is 18.2 Å². The van der Waals surface area contributed by atoms with Gasteiger partial charge in [0.15, 0.2) is 0 Å². The van der Waals surface area contributed by atoms with Gasteiger partial charge in [-0.25, -0.2) is 4.98 Å². The number of alkyl halides is 1. The van der Waals surface area contributed by atoms with Gasteiger partial charge in [0.2, 0.25) is 0 Å². The Labute approximate surface area is 76.3 Å². The van der Waals surface area contributed by atoms with E-state index < -0.39 is 0 Å². The largest absolute Gasteiger partial charge is 0.376 e. The lowest BCUT2D eigenvalue weighted by Crippen LogP contribution is -2.31. The molecule has 0 bridgehead atoms. The number of ether oxygens (including phenoxy) is 1. The summed E-state index contributed by atoms with van der Waals surface area (Å²) in [6, 6.07) is 0. The van der Waals surface area contributed by atoms with Crippen molar-refractivity contribution in [1.29, 1.82) is 0 Å². The Morgan fingerprint density at radius 1 is 1.75 bits per heavy atom. The van der Waals surface area contributed by atoms with E-state index in [1.54, 1.807) is 6.20 Å². The third-order valence-electron chi connectivity index (χ3n) is 2.11. The Bertz CT molecular complexity index is 257. The average Bonchev–Trinajstić information content (AvgIpc) is 2.43. The van der Waals surface area contributed by atoms with Gasteiger partial charge in [-0.3, -0.25) is 0 Å². The Morgan fingerprint density at radius 2 is 2.58 bits per heavy atom. The molecule has 0 saturated carbocycles. The van der Waals surface area contributed by atoms with E-state index in [0.29, 0.717) is 12.0 Å². The Morgan fingerprint density at radius 3 is 3.17 bits per heavy atom. The van der Waals surface area contributed by atoms with E-state index in [4.69, 9.17) is 16.3 Å². The molecule has 0 amide bonds. The van der Waals surface area contributed by atoms with Crippen molar-refractivity contribution in [2.45, 2.75) is 24.9 Å². The van der Waals surface area contributed by atoms with Gasteiger partial charge in [0, 0.05) is 19.0 Å². The predicted molar refractivity (Wildman–Crippen MR) is 46.1 cm³/mol. The number of hydrogen-bond acceptors (Lipinski definition) is 2. The van der Waals surface area contributed by atoms with E-state index >= 15 is 0 Å². The maximum atomic E-state index is 5.69. The van der Waals surface area contributed by atoms with Crippen molar-refractivity contribution in [3.63, 3.8) is 0 Å². The molecule has 1 aromatic rings. The van der Waals surface area contributed by atoms with Crippen molar-refractivity contribution in [2.24, 2.45) is 0 Å². The highest BCUT2D eigenvalue weighted by Gasteiger charge is 2.19. The van der Waals surface area contributed by atoms with Gasteiger partial charge in [0.25, 0.3) is 0 Å². The van der Waals surface area contributed by atoms with Crippen LogP contribution in [0.5, 0.6) is 0 Å². The first-order valence-electron chi connectivity index (χ1n) is 4.07. The van der Waals surface area contributed by atoms with Gasteiger partial charge in [-0.1, -0.05) is 0 Å². The van der Waals surface area contributed by atoms with Crippen LogP contribution in [-0.2, 0) is 17.2 Å². The smallest absolute Gasteiger partial charge is 0.123 e. The molecule has 66 valence electrons. The molecule has 0 radical (unpaired) electrons. The van der Waals surface area contributed by atoms with E-state index in [1.807, 2.05) is 6.20 Å². The lowest BCUT2D eigenvalue weighted by molar-refractivity contribution is -0.0595. The van der Waals surface area contributed by atoms with Crippen LogP contribution in [0.4, 0.5) is 0 Å². The molecule has 0 unspecified atom stereocenters. The number of halogens is 1. The molecular weight excluding hydrogens is 176 g/mol. The summed E-state index contributed by atoms with van der Waals surface area (Å²) in [7, 11) is 0. The van der Waals surface area contributed by atoms with Gasteiger partial charge >= 0.3 is 0 Å². The van der Waals surface area contributed by atoms with Gasteiger partial charge in [-0.2, -0.15) is 0 Å². The zero-order valence-electron chi connectivity index (χ0n) is 6.74. The summed E-state index contributed by atoms with van der Waals surface area (Å²) < 4.78 is 7.36. The van der Waals surface area contributed by atoms with Crippen LogP contribution in [0.3, 0.4) is 0 Å². The molecule has 1 fully saturated rings. The summed E-state index contributed by atoms with van der Waals surface area (Å²) >= 11 is 5.69. The number of rotatable bonds is 3. The molecule has 4 heteroatoms. The molecule has 0 N–H and O–H groups in total. The van der Waals surface area contributed by atoms with E-state index in [1.165, 1.54) is 0 Å². The number of hydrogen-bond donors (Lipinski definition) is 0. The second kappa shape index (κ2) is 3.46. The van der Waals surface area contributed by atoms with Crippen LogP contribution in [0.25, 0.3) is 0 Å². The third-order valence-corrected chi connectivity index (χ3v) is 2.35. The maximum Gasteiger partial charge on any atom is 0.123 e. The minimum atomic E-state index is 0.376. The third kappa shape index (κ3) is 1.47. The fourth-order valence-electron chi connectivity index (χ4n) is 1.29. The second-order valence-electron chi connectivity index (χ2n) is 2.91. The molecule has 0 spiro atoms. The molecule has 1 saturated heterocycles. The van der Waals surface area contributed by atoms with Crippen LogP contribution < -0.4 is 0 Å². The zero-order valence-corrected chi connectivity index (χ0v) is 7.50. The van der Waals surface area contributed by atoms with Gasteiger partial charge in [-0.15, -0.1) is 11.6 Å². The van der Waals surface area contributed by atoms with E-state index in [9.17, 15) is 0 Å². The maximum absolute atomic E-state index is 5.69. The van der Waals surface area contributed by atoms with Crippen LogP contribution >= 0.6 is 11.6 Å². The Kier molecular flexibility index (Phi) is 2.33. The number of aromatic nitrogens is 2. The average molecular weight is 187 g/mol. The molecule has 1 atom stereocenters. The molecule has 0 aliphatic carbocycles. The fraction of sp³-hybridized carbons (Fsp3) is 0.625. The van der Waals surface area contributed by atoms with Crippen LogP contribution in [0, 0.1) is 0 Å². The predicted octanol–water partition coefficient (Wildman–Crippen LogP) is 1.41. The summed E-state index contributed by atoms with van der Waals surface area (Å²) in [4.78, 5) is 4.12. The van der Waals surface area contributed by atoms with Crippen molar-refractivity contribution >= 4 is 11.6 Å². The van der Waals surface area contributed by atoms with Crippen molar-refractivity contribution in [2.75, 3.05) is 6.61 Å². The highest BCUT2D eigenvalue weighted by atomic mass is 35.5. The summed E-state index contributed by atoms with van der Waals surface area (Å²) in [5.41, 5.74) is 0. The van der Waals surface area contributed by atoms with Crippen LogP contribution in [-0.4, -0.2) is 22.3 Å². The molecule has 12 heavy (non-hydrogen) atoms. The minimum absolute atomic E-state index is 0.376. The van der Waals surface area contributed by atoms with Crippen LogP contribution in [0.1, 0.15) is 12.2 Å². The molecule has 3 nitrogen and oxygen atoms in total. The molecule has 1 aliphatic heterocycles. The quantitative estimate of drug-likeness (QED) is 0.668. The van der Waals surface area contributed by atoms with Crippen molar-refractivity contribution in [3.8, 4) is 0 Å². The van der Waals surface area contributed by atoms with Crippen molar-refractivity contribution < 1.29 is 4.74 Å². The van der Waals surface area contributed by atoms with E-state index in [0.717, 1.165) is 25.4 Å². The van der Waals surface area contributed by atoms with Gasteiger partial charge in [0.05, 0.1) is 18.5 Å². The van der Waals surface area contributed by atoms with E-state index in [2.05, 4.69) is 9.55 Å². The first-order chi connectivity index (χ1) is 5.90. The summed E-state index contributed by atoms with van der Waals surface area (Å²) in [5.74, 6) is 1.40. The molecule has 2 rings (SSSR count). The first kappa shape index (κ1) is 8.08. The SMILES string of the molecule is ClCc1nccn1C[C@@H]1CCO1. The van der Waals surface area contributed by atoms with Gasteiger partial charge in [0.1, 0.15) is 5.82 Å². The lowest BCUT2D eigenvalue weighted by atomic mass is 10.2. The normalized spacial score (nSPS) is 22.2. The highest BCUT2D eigenvalue weighted by Crippen LogP contribution is 2.14. The molecular formula is C8H11ClN2O. The topological polar surface area (TPSA) is 27.1 Å². The monoisotopic (exact) mass is 186 g/mol. The minimum Gasteiger partial charge on any atom is -0.376 e. The van der Waals surface area contributed by atoms with Crippen molar-refractivity contribution in [1.82, 2.24) is 9.55 Å². The summed E-state index contributed by atoms with van der Waals surface area (Å²) in [5, 5.41) is 0.